The lowest BCUT2D eigenvalue weighted by Crippen LogP contribution is -1.90. The van der Waals surface area contributed by atoms with Crippen molar-refractivity contribution in [2.45, 2.75) is 13.0 Å². The van der Waals surface area contributed by atoms with Crippen LogP contribution in [0, 0.1) is 0 Å². The molecule has 0 amide bonds. The first-order valence-electron chi connectivity index (χ1n) is 5.85. The van der Waals surface area contributed by atoms with Gasteiger partial charge in [0.1, 0.15) is 0 Å². The molecule has 3 aromatic carbocycles. The van der Waals surface area contributed by atoms with E-state index in [4.69, 9.17) is 0 Å². The third kappa shape index (κ3) is 1.69. The topological polar surface area (TPSA) is 20.2 Å². The van der Waals surface area contributed by atoms with Crippen molar-refractivity contribution >= 4 is 21.5 Å². The average Bonchev–Trinajstić information content (AvgIpc) is 2.38. The van der Waals surface area contributed by atoms with Gasteiger partial charge in [-0.3, -0.25) is 0 Å². The maximum absolute atomic E-state index is 9.60. The van der Waals surface area contributed by atoms with E-state index in [0.717, 1.165) is 5.56 Å². The van der Waals surface area contributed by atoms with Crippen molar-refractivity contribution in [3.63, 3.8) is 0 Å². The van der Waals surface area contributed by atoms with Gasteiger partial charge in [-0.1, -0.05) is 48.5 Å². The number of hydrogen-bond acceptors (Lipinski definition) is 1. The lowest BCUT2D eigenvalue weighted by atomic mass is 9.99. The molecule has 84 valence electrons. The maximum atomic E-state index is 9.60. The zero-order valence-electron chi connectivity index (χ0n) is 9.72. The second kappa shape index (κ2) is 3.86. The van der Waals surface area contributed by atoms with E-state index in [1.807, 2.05) is 6.07 Å². The molecule has 0 bridgehead atoms. The third-order valence-electron chi connectivity index (χ3n) is 3.25. The Kier molecular flexibility index (Phi) is 2.34. The van der Waals surface area contributed by atoms with Gasteiger partial charge in [-0.25, -0.2) is 0 Å². The molecule has 3 aromatic rings. The first-order valence-corrected chi connectivity index (χ1v) is 5.85. The standard InChI is InChI=1S/C16H14O/c1-11(17)13-8-9-16-14(10-13)7-6-12-4-2-3-5-15(12)16/h2-11,17H,1H3/t11-/m0/s1. The van der Waals surface area contributed by atoms with Crippen molar-refractivity contribution in [3.05, 3.63) is 60.2 Å². The Morgan fingerprint density at radius 2 is 1.53 bits per heavy atom. The fraction of sp³-hybridized carbons (Fsp3) is 0.125. The predicted molar refractivity (Wildman–Crippen MR) is 72.1 cm³/mol. The predicted octanol–water partition coefficient (Wildman–Crippen LogP) is 4.05. The molecule has 0 unspecified atom stereocenters. The monoisotopic (exact) mass is 222 g/mol. The van der Waals surface area contributed by atoms with Crippen LogP contribution in [0.5, 0.6) is 0 Å². The van der Waals surface area contributed by atoms with Crippen LogP contribution in [0.4, 0.5) is 0 Å². The lowest BCUT2D eigenvalue weighted by Gasteiger charge is -2.08. The molecule has 1 N–H and O–H groups in total. The molecule has 0 aliphatic carbocycles. The second-order valence-corrected chi connectivity index (χ2v) is 4.44. The fourth-order valence-corrected chi connectivity index (χ4v) is 2.29. The summed E-state index contributed by atoms with van der Waals surface area (Å²) in [4.78, 5) is 0. The first-order chi connectivity index (χ1) is 8.25. The maximum Gasteiger partial charge on any atom is 0.0762 e. The van der Waals surface area contributed by atoms with Crippen LogP contribution in [-0.4, -0.2) is 5.11 Å². The summed E-state index contributed by atoms with van der Waals surface area (Å²) in [7, 11) is 0. The quantitative estimate of drug-likeness (QED) is 0.616. The Morgan fingerprint density at radius 1 is 0.824 bits per heavy atom. The van der Waals surface area contributed by atoms with E-state index in [2.05, 4.69) is 48.5 Å². The molecule has 1 heteroatoms. The molecular formula is C16H14O. The lowest BCUT2D eigenvalue weighted by molar-refractivity contribution is 0.199. The van der Waals surface area contributed by atoms with Crippen LogP contribution in [0.1, 0.15) is 18.6 Å². The largest absolute Gasteiger partial charge is 0.389 e. The summed E-state index contributed by atoms with van der Waals surface area (Å²) in [5.41, 5.74) is 0.966. The Labute approximate surface area is 100 Å². The summed E-state index contributed by atoms with van der Waals surface area (Å²) in [6.07, 6.45) is -0.411. The van der Waals surface area contributed by atoms with E-state index in [-0.39, 0.29) is 0 Å². The van der Waals surface area contributed by atoms with Gasteiger partial charge in [-0.2, -0.15) is 0 Å². The molecule has 0 fully saturated rings. The number of fused-ring (bicyclic) bond motifs is 3. The molecular weight excluding hydrogens is 208 g/mol. The van der Waals surface area contributed by atoms with Gasteiger partial charge < -0.3 is 5.11 Å². The Bertz CT molecular complexity index is 683. The van der Waals surface area contributed by atoms with Gasteiger partial charge in [0.05, 0.1) is 6.10 Å². The Balaban J connectivity index is 2.37. The SMILES string of the molecule is C[C@H](O)c1ccc2c(ccc3ccccc32)c1. The summed E-state index contributed by atoms with van der Waals surface area (Å²) in [5.74, 6) is 0. The van der Waals surface area contributed by atoms with Crippen LogP contribution in [-0.2, 0) is 0 Å². The van der Waals surface area contributed by atoms with E-state index >= 15 is 0 Å². The summed E-state index contributed by atoms with van der Waals surface area (Å²) in [6, 6.07) is 18.8. The van der Waals surface area contributed by atoms with Crippen LogP contribution < -0.4 is 0 Å². The number of rotatable bonds is 1. The molecule has 0 aliphatic heterocycles. The molecule has 17 heavy (non-hydrogen) atoms. The van der Waals surface area contributed by atoms with Crippen molar-refractivity contribution in [2.24, 2.45) is 0 Å². The second-order valence-electron chi connectivity index (χ2n) is 4.44. The number of aliphatic hydroxyl groups is 1. The van der Waals surface area contributed by atoms with Crippen LogP contribution in [0.2, 0.25) is 0 Å². The minimum absolute atomic E-state index is 0.411. The van der Waals surface area contributed by atoms with Crippen molar-refractivity contribution < 1.29 is 5.11 Å². The molecule has 1 nitrogen and oxygen atoms in total. The van der Waals surface area contributed by atoms with Crippen LogP contribution in [0.3, 0.4) is 0 Å². The van der Waals surface area contributed by atoms with Crippen LogP contribution in [0.15, 0.2) is 54.6 Å². The highest BCUT2D eigenvalue weighted by atomic mass is 16.3. The van der Waals surface area contributed by atoms with Gasteiger partial charge in [0.15, 0.2) is 0 Å². The van der Waals surface area contributed by atoms with Gasteiger partial charge >= 0.3 is 0 Å². The van der Waals surface area contributed by atoms with Crippen molar-refractivity contribution in [1.82, 2.24) is 0 Å². The molecule has 0 saturated carbocycles. The number of aliphatic hydroxyl groups excluding tert-OH is 1. The van der Waals surface area contributed by atoms with Crippen LogP contribution in [0.25, 0.3) is 21.5 Å². The van der Waals surface area contributed by atoms with Gasteiger partial charge in [0, 0.05) is 0 Å². The van der Waals surface area contributed by atoms with E-state index in [9.17, 15) is 5.11 Å². The molecule has 0 spiro atoms. The number of hydrogen-bond donors (Lipinski definition) is 1. The van der Waals surface area contributed by atoms with E-state index < -0.39 is 6.10 Å². The summed E-state index contributed by atoms with van der Waals surface area (Å²) in [6.45, 7) is 1.79. The van der Waals surface area contributed by atoms with Crippen molar-refractivity contribution in [2.75, 3.05) is 0 Å². The highest BCUT2D eigenvalue weighted by molar-refractivity contribution is 6.07. The normalized spacial score (nSPS) is 13.1. The summed E-state index contributed by atoms with van der Waals surface area (Å²) >= 11 is 0. The molecule has 0 aromatic heterocycles. The number of benzene rings is 3. The van der Waals surface area contributed by atoms with Gasteiger partial charge in [-0.05, 0) is 40.1 Å². The molecule has 0 heterocycles. The molecule has 0 radical (unpaired) electrons. The minimum Gasteiger partial charge on any atom is -0.389 e. The Hall–Kier alpha value is -1.86. The summed E-state index contributed by atoms with van der Waals surface area (Å²) < 4.78 is 0. The van der Waals surface area contributed by atoms with Gasteiger partial charge in [0.25, 0.3) is 0 Å². The van der Waals surface area contributed by atoms with Crippen LogP contribution >= 0.6 is 0 Å². The minimum atomic E-state index is -0.411. The van der Waals surface area contributed by atoms with E-state index in [1.54, 1.807) is 6.92 Å². The van der Waals surface area contributed by atoms with E-state index in [0.29, 0.717) is 0 Å². The van der Waals surface area contributed by atoms with Gasteiger partial charge in [-0.15, -0.1) is 0 Å². The Morgan fingerprint density at radius 3 is 2.35 bits per heavy atom. The first kappa shape index (κ1) is 10.3. The molecule has 3 rings (SSSR count). The third-order valence-corrected chi connectivity index (χ3v) is 3.25. The smallest absolute Gasteiger partial charge is 0.0762 e. The zero-order chi connectivity index (χ0) is 11.8. The van der Waals surface area contributed by atoms with Crippen molar-refractivity contribution in [3.8, 4) is 0 Å². The van der Waals surface area contributed by atoms with E-state index in [1.165, 1.54) is 21.5 Å². The fourth-order valence-electron chi connectivity index (χ4n) is 2.29. The summed E-state index contributed by atoms with van der Waals surface area (Å²) in [5, 5.41) is 14.5. The zero-order valence-corrected chi connectivity index (χ0v) is 9.72. The van der Waals surface area contributed by atoms with Crippen molar-refractivity contribution in [1.29, 1.82) is 0 Å². The molecule has 0 aliphatic rings. The molecule has 1 atom stereocenters. The highest BCUT2D eigenvalue weighted by Gasteiger charge is 2.04. The molecule has 0 saturated heterocycles. The van der Waals surface area contributed by atoms with Gasteiger partial charge in [0.2, 0.25) is 0 Å². The highest BCUT2D eigenvalue weighted by Crippen LogP contribution is 2.27. The average molecular weight is 222 g/mol.